The molecule has 37 heavy (non-hydrogen) atoms. The Kier molecular flexibility index (Phi) is 5.78. The van der Waals surface area contributed by atoms with Gasteiger partial charge >= 0.3 is 0 Å². The zero-order valence-electron chi connectivity index (χ0n) is 20.2. The van der Waals surface area contributed by atoms with Crippen molar-refractivity contribution in [1.82, 2.24) is 40.0 Å². The second-order valence-electron chi connectivity index (χ2n) is 8.88. The topological polar surface area (TPSA) is 109 Å². The van der Waals surface area contributed by atoms with Crippen molar-refractivity contribution in [2.45, 2.75) is 0 Å². The van der Waals surface area contributed by atoms with Gasteiger partial charge in [-0.05, 0) is 56.1 Å². The Hall–Kier alpha value is -4.70. The fourth-order valence-electron chi connectivity index (χ4n) is 4.10. The van der Waals surface area contributed by atoms with Gasteiger partial charge in [-0.25, -0.2) is 19.3 Å². The Morgan fingerprint density at radius 1 is 0.973 bits per heavy atom. The molecule has 1 aromatic carbocycles. The van der Waals surface area contributed by atoms with Crippen LogP contribution < -0.4 is 4.74 Å². The van der Waals surface area contributed by atoms with Crippen molar-refractivity contribution < 1.29 is 9.13 Å². The number of rotatable bonds is 7. The molecule has 0 atom stereocenters. The highest BCUT2D eigenvalue weighted by Crippen LogP contribution is 2.31. The second kappa shape index (κ2) is 9.40. The number of ether oxygens (including phenoxy) is 1. The van der Waals surface area contributed by atoms with Gasteiger partial charge < -0.3 is 14.6 Å². The summed E-state index contributed by atoms with van der Waals surface area (Å²) in [4.78, 5) is 23.7. The van der Waals surface area contributed by atoms with Gasteiger partial charge in [0.05, 0.1) is 22.9 Å². The molecule has 0 aliphatic carbocycles. The Morgan fingerprint density at radius 2 is 1.84 bits per heavy atom. The van der Waals surface area contributed by atoms with Crippen molar-refractivity contribution in [3.8, 4) is 39.7 Å². The standard InChI is InChI=1S/C27H23FN8O/c1-36(2)11-12-37-19-13-17(14-29-15-19)21-7-8-22-24(31-21)25(35-34-22)27-32-23-20(9-10-30-26(23)33-27)16-3-5-18(28)6-4-16/h3-10,13-15H,11-12H2,1-2H3,(H,34,35)(H,30,32,33). The Bertz CT molecular complexity index is 1710. The van der Waals surface area contributed by atoms with Crippen LogP contribution in [-0.2, 0) is 0 Å². The maximum atomic E-state index is 13.5. The molecule has 0 bridgehead atoms. The minimum absolute atomic E-state index is 0.287. The molecule has 0 radical (unpaired) electrons. The summed E-state index contributed by atoms with van der Waals surface area (Å²) in [6.07, 6.45) is 5.14. The van der Waals surface area contributed by atoms with Crippen LogP contribution in [0.5, 0.6) is 5.75 Å². The number of likely N-dealkylation sites (N-methyl/N-ethyl adjacent to an activating group) is 1. The maximum absolute atomic E-state index is 13.5. The van der Waals surface area contributed by atoms with Crippen LogP contribution >= 0.6 is 0 Å². The van der Waals surface area contributed by atoms with E-state index in [1.165, 1.54) is 12.1 Å². The van der Waals surface area contributed by atoms with Gasteiger partial charge in [-0.15, -0.1) is 0 Å². The third-order valence-electron chi connectivity index (χ3n) is 6.00. The van der Waals surface area contributed by atoms with E-state index in [1.54, 1.807) is 30.7 Å². The lowest BCUT2D eigenvalue weighted by Crippen LogP contribution is -2.19. The molecule has 2 N–H and O–H groups in total. The number of aromatic amines is 2. The van der Waals surface area contributed by atoms with Gasteiger partial charge in [0.25, 0.3) is 0 Å². The lowest BCUT2D eigenvalue weighted by atomic mass is 10.1. The number of nitrogens with one attached hydrogen (secondary N) is 2. The van der Waals surface area contributed by atoms with Gasteiger partial charge in [-0.3, -0.25) is 10.1 Å². The summed E-state index contributed by atoms with van der Waals surface area (Å²) in [7, 11) is 4.00. The molecular weight excluding hydrogens is 471 g/mol. The third-order valence-corrected chi connectivity index (χ3v) is 6.00. The van der Waals surface area contributed by atoms with E-state index in [1.807, 2.05) is 38.4 Å². The number of imidazole rings is 1. The molecule has 5 heterocycles. The van der Waals surface area contributed by atoms with Gasteiger partial charge in [0.15, 0.2) is 17.2 Å². The molecule has 0 amide bonds. The highest BCUT2D eigenvalue weighted by atomic mass is 19.1. The molecule has 6 aromatic rings. The van der Waals surface area contributed by atoms with Crippen molar-refractivity contribution >= 4 is 22.2 Å². The Morgan fingerprint density at radius 3 is 2.68 bits per heavy atom. The number of H-pyrrole nitrogens is 2. The molecule has 10 heteroatoms. The van der Waals surface area contributed by atoms with Crippen molar-refractivity contribution in [3.63, 3.8) is 0 Å². The summed E-state index contributed by atoms with van der Waals surface area (Å²) < 4.78 is 19.3. The van der Waals surface area contributed by atoms with Crippen LogP contribution in [0.15, 0.2) is 67.1 Å². The van der Waals surface area contributed by atoms with E-state index in [0.717, 1.165) is 40.0 Å². The molecule has 0 unspecified atom stereocenters. The quantitative estimate of drug-likeness (QED) is 0.331. The molecule has 6 rings (SSSR count). The number of halogens is 1. The molecular formula is C27H23FN8O. The molecule has 0 saturated heterocycles. The van der Waals surface area contributed by atoms with Crippen molar-refractivity contribution in [2.24, 2.45) is 0 Å². The summed E-state index contributed by atoms with van der Waals surface area (Å²) in [5.74, 6) is 0.933. The number of benzene rings is 1. The lowest BCUT2D eigenvalue weighted by molar-refractivity contribution is 0.261. The van der Waals surface area contributed by atoms with Gasteiger partial charge in [0.2, 0.25) is 0 Å². The number of aromatic nitrogens is 7. The van der Waals surface area contributed by atoms with Gasteiger partial charge in [0, 0.05) is 30.1 Å². The van der Waals surface area contributed by atoms with Crippen molar-refractivity contribution in [3.05, 3.63) is 72.9 Å². The molecule has 0 aliphatic heterocycles. The number of nitrogens with zero attached hydrogens (tertiary/aromatic N) is 6. The van der Waals surface area contributed by atoms with Crippen molar-refractivity contribution in [2.75, 3.05) is 27.2 Å². The van der Waals surface area contributed by atoms with Crippen LogP contribution in [0.25, 0.3) is 56.1 Å². The van der Waals surface area contributed by atoms with Gasteiger partial charge in [0.1, 0.15) is 23.7 Å². The fourth-order valence-corrected chi connectivity index (χ4v) is 4.10. The molecule has 184 valence electrons. The van der Waals surface area contributed by atoms with Crippen LogP contribution in [0.4, 0.5) is 4.39 Å². The predicted octanol–water partition coefficient (Wildman–Crippen LogP) is 4.70. The zero-order chi connectivity index (χ0) is 25.4. The van der Waals surface area contributed by atoms with E-state index in [0.29, 0.717) is 35.0 Å². The highest BCUT2D eigenvalue weighted by Gasteiger charge is 2.17. The Balaban J connectivity index is 1.37. The number of hydrogen-bond acceptors (Lipinski definition) is 7. The van der Waals surface area contributed by atoms with Crippen LogP contribution in [0, 0.1) is 5.82 Å². The van der Waals surface area contributed by atoms with E-state index in [-0.39, 0.29) is 5.82 Å². The monoisotopic (exact) mass is 494 g/mol. The zero-order valence-corrected chi connectivity index (χ0v) is 20.2. The first kappa shape index (κ1) is 22.7. The lowest BCUT2D eigenvalue weighted by Gasteiger charge is -2.11. The smallest absolute Gasteiger partial charge is 0.178 e. The predicted molar refractivity (Wildman–Crippen MR) is 139 cm³/mol. The maximum Gasteiger partial charge on any atom is 0.178 e. The average molecular weight is 495 g/mol. The van der Waals surface area contributed by atoms with Crippen molar-refractivity contribution in [1.29, 1.82) is 0 Å². The van der Waals surface area contributed by atoms with E-state index >= 15 is 0 Å². The molecule has 5 aromatic heterocycles. The van der Waals surface area contributed by atoms with Crippen LogP contribution in [0.3, 0.4) is 0 Å². The first-order valence-electron chi connectivity index (χ1n) is 11.7. The number of hydrogen-bond donors (Lipinski definition) is 2. The Labute approximate surface area is 211 Å². The minimum atomic E-state index is -0.287. The fraction of sp³-hybridized carbons (Fsp3) is 0.148. The summed E-state index contributed by atoms with van der Waals surface area (Å²) in [5.41, 5.74) is 6.59. The average Bonchev–Trinajstić information content (AvgIpc) is 3.53. The molecule has 0 spiro atoms. The van der Waals surface area contributed by atoms with Gasteiger partial charge in [-0.1, -0.05) is 12.1 Å². The van der Waals surface area contributed by atoms with Crippen LogP contribution in [0.1, 0.15) is 0 Å². The minimum Gasteiger partial charge on any atom is -0.491 e. The van der Waals surface area contributed by atoms with Crippen LogP contribution in [0.2, 0.25) is 0 Å². The van der Waals surface area contributed by atoms with E-state index in [9.17, 15) is 4.39 Å². The molecule has 0 aliphatic rings. The highest BCUT2D eigenvalue weighted by molar-refractivity contribution is 5.94. The summed E-state index contributed by atoms with van der Waals surface area (Å²) in [6, 6.07) is 14.0. The number of pyridine rings is 3. The third kappa shape index (κ3) is 4.50. The van der Waals surface area contributed by atoms with Crippen LogP contribution in [-0.4, -0.2) is 67.3 Å². The normalized spacial score (nSPS) is 11.6. The number of fused-ring (bicyclic) bond motifs is 2. The SMILES string of the molecule is CN(C)CCOc1cncc(-c2ccc3[nH]nc(-c4nc5nccc(-c6ccc(F)cc6)c5[nH]4)c3n2)c1. The van der Waals surface area contributed by atoms with E-state index in [4.69, 9.17) is 9.72 Å². The molecule has 9 nitrogen and oxygen atoms in total. The summed E-state index contributed by atoms with van der Waals surface area (Å²) >= 11 is 0. The molecule has 0 saturated carbocycles. The van der Waals surface area contributed by atoms with E-state index in [2.05, 4.69) is 35.0 Å². The summed E-state index contributed by atoms with van der Waals surface area (Å²) in [6.45, 7) is 1.37. The molecule has 0 fully saturated rings. The summed E-state index contributed by atoms with van der Waals surface area (Å²) in [5, 5.41) is 7.51. The largest absolute Gasteiger partial charge is 0.491 e. The first-order valence-corrected chi connectivity index (χ1v) is 11.7. The first-order chi connectivity index (χ1) is 18.0. The second-order valence-corrected chi connectivity index (χ2v) is 8.88. The van der Waals surface area contributed by atoms with Gasteiger partial charge in [-0.2, -0.15) is 5.10 Å². The van der Waals surface area contributed by atoms with E-state index < -0.39 is 0 Å².